The van der Waals surface area contributed by atoms with Crippen molar-refractivity contribution in [3.63, 3.8) is 0 Å². The van der Waals surface area contributed by atoms with Crippen LogP contribution in [0.1, 0.15) is 19.3 Å². The number of benzene rings is 1. The van der Waals surface area contributed by atoms with Gasteiger partial charge in [-0.15, -0.1) is 0 Å². The molecular formula is C21H30N2O7S. The number of ether oxygens (including phenoxy) is 3. The van der Waals surface area contributed by atoms with Gasteiger partial charge in [0, 0.05) is 19.6 Å². The Balaban J connectivity index is 1.49. The van der Waals surface area contributed by atoms with Crippen molar-refractivity contribution in [3.05, 3.63) is 30.3 Å². The van der Waals surface area contributed by atoms with E-state index in [4.69, 9.17) is 14.2 Å². The highest BCUT2D eigenvalue weighted by atomic mass is 32.2. The molecule has 1 aromatic carbocycles. The van der Waals surface area contributed by atoms with Gasteiger partial charge in [0.2, 0.25) is 15.9 Å². The van der Waals surface area contributed by atoms with Crippen molar-refractivity contribution in [1.29, 1.82) is 0 Å². The quantitative estimate of drug-likeness (QED) is 0.694. The summed E-state index contributed by atoms with van der Waals surface area (Å²) in [5.41, 5.74) is 0. The van der Waals surface area contributed by atoms with E-state index >= 15 is 0 Å². The van der Waals surface area contributed by atoms with Crippen LogP contribution in [0.15, 0.2) is 35.2 Å². The van der Waals surface area contributed by atoms with Crippen molar-refractivity contribution in [1.82, 2.24) is 9.21 Å². The zero-order chi connectivity index (χ0) is 21.8. The Kier molecular flexibility index (Phi) is 7.25. The Morgan fingerprint density at radius 1 is 1.06 bits per heavy atom. The number of hydrogen-bond donors (Lipinski definition) is 1. The Labute approximate surface area is 182 Å². The second-order valence-electron chi connectivity index (χ2n) is 8.22. The first kappa shape index (κ1) is 22.6. The minimum absolute atomic E-state index is 0.0303. The largest absolute Gasteiger partial charge is 0.389 e. The maximum absolute atomic E-state index is 13.4. The number of aliphatic hydroxyl groups excluding tert-OH is 1. The molecule has 4 atom stereocenters. The summed E-state index contributed by atoms with van der Waals surface area (Å²) in [5.74, 6) is 0.0303. The van der Waals surface area contributed by atoms with Crippen molar-refractivity contribution >= 4 is 15.9 Å². The third kappa shape index (κ3) is 5.27. The summed E-state index contributed by atoms with van der Waals surface area (Å²) < 4.78 is 45.2. The fraction of sp³-hybridized carbons (Fsp3) is 0.667. The minimum Gasteiger partial charge on any atom is -0.389 e. The van der Waals surface area contributed by atoms with Crippen LogP contribution in [0.25, 0.3) is 0 Å². The molecular weight excluding hydrogens is 424 g/mol. The fourth-order valence-corrected chi connectivity index (χ4v) is 6.17. The van der Waals surface area contributed by atoms with Gasteiger partial charge in [0.1, 0.15) is 0 Å². The molecule has 0 radical (unpaired) electrons. The van der Waals surface area contributed by atoms with Crippen LogP contribution in [0.4, 0.5) is 0 Å². The lowest BCUT2D eigenvalue weighted by Gasteiger charge is -2.43. The van der Waals surface area contributed by atoms with E-state index in [-0.39, 0.29) is 43.1 Å². The number of hydrogen-bond acceptors (Lipinski definition) is 7. The zero-order valence-corrected chi connectivity index (χ0v) is 18.3. The number of fused-ring (bicyclic) bond motifs is 1. The van der Waals surface area contributed by atoms with Gasteiger partial charge in [-0.25, -0.2) is 8.42 Å². The van der Waals surface area contributed by atoms with E-state index in [0.29, 0.717) is 39.1 Å². The third-order valence-corrected chi connectivity index (χ3v) is 7.95. The molecule has 3 heterocycles. The molecule has 1 aromatic rings. The molecule has 4 rings (SSSR count). The van der Waals surface area contributed by atoms with Gasteiger partial charge in [-0.1, -0.05) is 18.2 Å². The molecule has 0 aromatic heterocycles. The van der Waals surface area contributed by atoms with Crippen LogP contribution in [0, 0.1) is 0 Å². The highest BCUT2D eigenvalue weighted by Gasteiger charge is 2.43. The van der Waals surface area contributed by atoms with Gasteiger partial charge < -0.3 is 24.2 Å². The van der Waals surface area contributed by atoms with Crippen molar-refractivity contribution < 1.29 is 32.5 Å². The van der Waals surface area contributed by atoms with Crippen molar-refractivity contribution in [3.8, 4) is 0 Å². The van der Waals surface area contributed by atoms with E-state index in [0.717, 1.165) is 0 Å². The Morgan fingerprint density at radius 2 is 1.81 bits per heavy atom. The summed E-state index contributed by atoms with van der Waals surface area (Å²) in [5, 5.41) is 10.3. The van der Waals surface area contributed by atoms with E-state index in [1.165, 1.54) is 4.31 Å². The van der Waals surface area contributed by atoms with Gasteiger partial charge in [-0.05, 0) is 25.0 Å². The number of β-amino-alcohol motifs (C(OH)–C–C–N with tert-alkyl or cyclic N) is 1. The number of aliphatic hydroxyl groups is 1. The highest BCUT2D eigenvalue weighted by Crippen LogP contribution is 2.31. The van der Waals surface area contributed by atoms with Crippen molar-refractivity contribution in [2.45, 2.75) is 48.5 Å². The average molecular weight is 455 g/mol. The maximum Gasteiger partial charge on any atom is 0.243 e. The molecule has 1 amide bonds. The van der Waals surface area contributed by atoms with Crippen LogP contribution in [0.2, 0.25) is 0 Å². The topological polar surface area (TPSA) is 106 Å². The van der Waals surface area contributed by atoms with Crippen LogP contribution in [0.5, 0.6) is 0 Å². The molecule has 9 nitrogen and oxygen atoms in total. The first-order chi connectivity index (χ1) is 14.9. The Morgan fingerprint density at radius 3 is 2.55 bits per heavy atom. The van der Waals surface area contributed by atoms with E-state index < -0.39 is 28.3 Å². The third-order valence-electron chi connectivity index (χ3n) is 6.05. The lowest BCUT2D eigenvalue weighted by molar-refractivity contribution is -0.153. The molecule has 0 bridgehead atoms. The molecule has 3 saturated heterocycles. The highest BCUT2D eigenvalue weighted by molar-refractivity contribution is 7.89. The molecule has 3 aliphatic heterocycles. The minimum atomic E-state index is -3.81. The number of rotatable bonds is 4. The lowest BCUT2D eigenvalue weighted by Crippen LogP contribution is -2.57. The van der Waals surface area contributed by atoms with E-state index in [9.17, 15) is 18.3 Å². The maximum atomic E-state index is 13.4. The van der Waals surface area contributed by atoms with Gasteiger partial charge in [0.05, 0.1) is 62.1 Å². The van der Waals surface area contributed by atoms with Crippen LogP contribution >= 0.6 is 0 Å². The van der Waals surface area contributed by atoms with Crippen LogP contribution in [-0.2, 0) is 29.0 Å². The Hall–Kier alpha value is -1.56. The molecule has 3 fully saturated rings. The fourth-order valence-electron chi connectivity index (χ4n) is 4.44. The molecule has 0 unspecified atom stereocenters. The molecule has 31 heavy (non-hydrogen) atoms. The monoisotopic (exact) mass is 454 g/mol. The molecule has 172 valence electrons. The van der Waals surface area contributed by atoms with E-state index in [1.807, 2.05) is 0 Å². The summed E-state index contributed by atoms with van der Waals surface area (Å²) in [4.78, 5) is 14.6. The predicted molar refractivity (Wildman–Crippen MR) is 111 cm³/mol. The SMILES string of the molecule is O=C(C[C@@H]1CC[C@H]2[C@@H](COC[C@@H](O)CN2S(=O)(=O)c2ccccc2)O1)N1CCOCC1. The summed E-state index contributed by atoms with van der Waals surface area (Å²) in [6, 6.07) is 7.77. The van der Waals surface area contributed by atoms with Crippen molar-refractivity contribution in [2.75, 3.05) is 46.1 Å². The van der Waals surface area contributed by atoms with Crippen LogP contribution in [0.3, 0.4) is 0 Å². The predicted octanol–water partition coefficient (Wildman–Crippen LogP) is 0.234. The number of carbonyl (C=O) groups excluding carboxylic acids is 1. The van der Waals surface area contributed by atoms with Crippen LogP contribution < -0.4 is 0 Å². The average Bonchev–Trinajstić information content (AvgIpc) is 2.78. The second kappa shape index (κ2) is 9.93. The second-order valence-corrected chi connectivity index (χ2v) is 10.1. The number of carbonyl (C=O) groups is 1. The van der Waals surface area contributed by atoms with Gasteiger partial charge in [-0.3, -0.25) is 4.79 Å². The molecule has 0 spiro atoms. The zero-order valence-electron chi connectivity index (χ0n) is 17.5. The standard InChI is InChI=1S/C21H30N2O7S/c24-16-13-23(31(26,27)18-4-2-1-3-5-18)19-7-6-17(30-20(19)15-29-14-16)12-21(25)22-8-10-28-11-9-22/h1-5,16-17,19-20,24H,6-15H2/t16-,17-,19-,20+/m0/s1. The number of morpholine rings is 1. The Bertz CT molecular complexity index is 845. The van der Waals surface area contributed by atoms with Gasteiger partial charge in [0.15, 0.2) is 0 Å². The van der Waals surface area contributed by atoms with Crippen LogP contribution in [-0.4, -0.2) is 99.1 Å². The summed E-state index contributed by atoms with van der Waals surface area (Å²) in [7, 11) is -3.81. The summed E-state index contributed by atoms with van der Waals surface area (Å²) in [6.07, 6.45) is -0.340. The molecule has 10 heteroatoms. The summed E-state index contributed by atoms with van der Waals surface area (Å²) >= 11 is 0. The number of sulfonamides is 1. The lowest BCUT2D eigenvalue weighted by atomic mass is 9.96. The van der Waals surface area contributed by atoms with Gasteiger partial charge in [-0.2, -0.15) is 4.31 Å². The molecule has 0 saturated carbocycles. The van der Waals surface area contributed by atoms with Gasteiger partial charge in [0.25, 0.3) is 0 Å². The van der Waals surface area contributed by atoms with E-state index in [1.54, 1.807) is 35.2 Å². The number of nitrogens with zero attached hydrogens (tertiary/aromatic N) is 2. The molecule has 0 aliphatic carbocycles. The first-order valence-corrected chi connectivity index (χ1v) is 12.2. The number of amides is 1. The van der Waals surface area contributed by atoms with Gasteiger partial charge >= 0.3 is 0 Å². The molecule has 1 N–H and O–H groups in total. The smallest absolute Gasteiger partial charge is 0.243 e. The normalized spacial score (nSPS) is 30.8. The van der Waals surface area contributed by atoms with Crippen molar-refractivity contribution in [2.24, 2.45) is 0 Å². The molecule has 3 aliphatic rings. The first-order valence-electron chi connectivity index (χ1n) is 10.8. The van der Waals surface area contributed by atoms with E-state index in [2.05, 4.69) is 0 Å². The summed E-state index contributed by atoms with van der Waals surface area (Å²) in [6.45, 7) is 2.41.